The maximum absolute atomic E-state index is 11.4. The van der Waals surface area contributed by atoms with Crippen molar-refractivity contribution in [1.29, 1.82) is 0 Å². The Morgan fingerprint density at radius 2 is 2.41 bits per heavy atom. The molecule has 0 aliphatic carbocycles. The summed E-state index contributed by atoms with van der Waals surface area (Å²) in [6.45, 7) is 2.59. The normalized spacial score (nSPS) is 15.0. The second-order valence-electron chi connectivity index (χ2n) is 3.74. The molecule has 1 aromatic rings. The molecule has 92 valence electrons. The molecule has 0 fully saturated rings. The van der Waals surface area contributed by atoms with Gasteiger partial charge in [0.15, 0.2) is 6.10 Å². The number of esters is 1. The summed E-state index contributed by atoms with van der Waals surface area (Å²) in [5.74, 6) is 0.170. The van der Waals surface area contributed by atoms with Gasteiger partial charge in [-0.15, -0.1) is 0 Å². The number of hydrogen-bond donors (Lipinski definition) is 1. The average Bonchev–Trinajstić information content (AvgIpc) is 2.77. The molecule has 5 heteroatoms. The van der Waals surface area contributed by atoms with Crippen molar-refractivity contribution in [1.82, 2.24) is 0 Å². The molecule has 0 saturated heterocycles. The van der Waals surface area contributed by atoms with Crippen LogP contribution in [0.25, 0.3) is 0 Å². The lowest BCUT2D eigenvalue weighted by atomic mass is 10.0. The smallest absolute Gasteiger partial charge is 0.339 e. The molecule has 2 rings (SSSR count). The van der Waals surface area contributed by atoms with Crippen LogP contribution in [0.1, 0.15) is 24.2 Å². The molecule has 1 atom stereocenters. The Hall–Kier alpha value is -1.07. The Labute approximate surface area is 108 Å². The first-order valence-electron chi connectivity index (χ1n) is 5.43. The van der Waals surface area contributed by atoms with E-state index in [-0.39, 0.29) is 6.61 Å². The SMILES string of the molecule is CCOC(=O)C(O)c1cc(Br)c2c(c1)CCO2. The lowest BCUT2D eigenvalue weighted by Gasteiger charge is -2.12. The number of carbonyl (C=O) groups is 1. The lowest BCUT2D eigenvalue weighted by Crippen LogP contribution is -2.15. The number of halogens is 1. The van der Waals surface area contributed by atoms with Crippen molar-refractivity contribution in [3.05, 3.63) is 27.7 Å². The van der Waals surface area contributed by atoms with Crippen LogP contribution in [0.2, 0.25) is 0 Å². The second-order valence-corrected chi connectivity index (χ2v) is 4.60. The van der Waals surface area contributed by atoms with E-state index >= 15 is 0 Å². The first kappa shape index (κ1) is 12.4. The number of aliphatic hydroxyl groups is 1. The largest absolute Gasteiger partial charge is 0.492 e. The van der Waals surface area contributed by atoms with Gasteiger partial charge in [0, 0.05) is 6.42 Å². The fourth-order valence-electron chi connectivity index (χ4n) is 1.80. The van der Waals surface area contributed by atoms with Gasteiger partial charge in [0.25, 0.3) is 0 Å². The van der Waals surface area contributed by atoms with Crippen molar-refractivity contribution >= 4 is 21.9 Å². The molecule has 1 aromatic carbocycles. The lowest BCUT2D eigenvalue weighted by molar-refractivity contribution is -0.153. The van der Waals surface area contributed by atoms with Crippen LogP contribution in [-0.4, -0.2) is 24.3 Å². The Morgan fingerprint density at radius 3 is 3.12 bits per heavy atom. The molecule has 1 aliphatic heterocycles. The topological polar surface area (TPSA) is 55.8 Å². The van der Waals surface area contributed by atoms with Gasteiger partial charge in [0.05, 0.1) is 17.7 Å². The van der Waals surface area contributed by atoms with Gasteiger partial charge in [-0.25, -0.2) is 4.79 Å². The number of benzene rings is 1. The third-order valence-electron chi connectivity index (χ3n) is 2.59. The standard InChI is InChI=1S/C12H13BrO4/c1-2-16-12(15)10(14)8-5-7-3-4-17-11(7)9(13)6-8/h5-6,10,14H,2-4H2,1H3. The van der Waals surface area contributed by atoms with E-state index in [0.29, 0.717) is 12.2 Å². The van der Waals surface area contributed by atoms with Crippen LogP contribution < -0.4 is 4.74 Å². The Morgan fingerprint density at radius 1 is 1.65 bits per heavy atom. The van der Waals surface area contributed by atoms with Crippen molar-refractivity contribution in [3.63, 3.8) is 0 Å². The summed E-state index contributed by atoms with van der Waals surface area (Å²) in [5, 5.41) is 9.84. The van der Waals surface area contributed by atoms with Crippen LogP contribution in [0.3, 0.4) is 0 Å². The molecule has 4 nitrogen and oxygen atoms in total. The van der Waals surface area contributed by atoms with Crippen LogP contribution >= 0.6 is 15.9 Å². The third-order valence-corrected chi connectivity index (χ3v) is 3.18. The maximum Gasteiger partial charge on any atom is 0.339 e. The summed E-state index contributed by atoms with van der Waals surface area (Å²) in [7, 11) is 0. The molecular formula is C12H13BrO4. The number of carbonyl (C=O) groups excluding carboxylic acids is 1. The summed E-state index contributed by atoms with van der Waals surface area (Å²) in [6, 6.07) is 3.47. The van der Waals surface area contributed by atoms with Gasteiger partial charge in [-0.05, 0) is 46.1 Å². The van der Waals surface area contributed by atoms with E-state index in [4.69, 9.17) is 9.47 Å². The van der Waals surface area contributed by atoms with Crippen LogP contribution in [0.4, 0.5) is 0 Å². The molecule has 17 heavy (non-hydrogen) atoms. The molecule has 0 spiro atoms. The van der Waals surface area contributed by atoms with Gasteiger partial charge in [0.1, 0.15) is 5.75 Å². The number of aliphatic hydroxyl groups excluding tert-OH is 1. The fraction of sp³-hybridized carbons (Fsp3) is 0.417. The minimum atomic E-state index is -1.24. The predicted octanol–water partition coefficient (Wildman–Crippen LogP) is 1.98. The zero-order chi connectivity index (χ0) is 12.4. The summed E-state index contributed by atoms with van der Waals surface area (Å²) in [5.41, 5.74) is 1.53. The molecule has 1 heterocycles. The summed E-state index contributed by atoms with van der Waals surface area (Å²) in [6.07, 6.45) is -0.450. The van der Waals surface area contributed by atoms with E-state index < -0.39 is 12.1 Å². The molecule has 1 N–H and O–H groups in total. The van der Waals surface area contributed by atoms with Crippen molar-refractivity contribution in [2.75, 3.05) is 13.2 Å². The quantitative estimate of drug-likeness (QED) is 0.867. The molecule has 0 radical (unpaired) electrons. The molecular weight excluding hydrogens is 288 g/mol. The van der Waals surface area contributed by atoms with E-state index in [1.807, 2.05) is 0 Å². The predicted molar refractivity (Wildman–Crippen MR) is 64.9 cm³/mol. The first-order chi connectivity index (χ1) is 8.13. The van der Waals surface area contributed by atoms with Crippen molar-refractivity contribution in [3.8, 4) is 5.75 Å². The van der Waals surface area contributed by atoms with Gasteiger partial charge in [-0.2, -0.15) is 0 Å². The molecule has 0 saturated carbocycles. The van der Waals surface area contributed by atoms with Crippen LogP contribution in [0, 0.1) is 0 Å². The fourth-order valence-corrected chi connectivity index (χ4v) is 2.43. The highest BCUT2D eigenvalue weighted by atomic mass is 79.9. The zero-order valence-corrected chi connectivity index (χ0v) is 11.0. The Kier molecular flexibility index (Phi) is 3.69. The number of hydrogen-bond acceptors (Lipinski definition) is 4. The van der Waals surface area contributed by atoms with Crippen molar-refractivity contribution in [2.45, 2.75) is 19.4 Å². The number of fused-ring (bicyclic) bond motifs is 1. The van der Waals surface area contributed by atoms with E-state index in [2.05, 4.69) is 15.9 Å². The van der Waals surface area contributed by atoms with Gasteiger partial charge >= 0.3 is 5.97 Å². The zero-order valence-electron chi connectivity index (χ0n) is 9.40. The molecule has 0 bridgehead atoms. The summed E-state index contributed by atoms with van der Waals surface area (Å²) < 4.78 is 11.0. The van der Waals surface area contributed by atoms with E-state index in [1.165, 1.54) is 0 Å². The Bertz CT molecular complexity index is 444. The molecule has 1 unspecified atom stereocenters. The molecule has 0 amide bonds. The van der Waals surface area contributed by atoms with E-state index in [0.717, 1.165) is 22.2 Å². The van der Waals surface area contributed by atoms with Gasteiger partial charge in [-0.3, -0.25) is 0 Å². The van der Waals surface area contributed by atoms with Gasteiger partial charge < -0.3 is 14.6 Å². The van der Waals surface area contributed by atoms with Crippen LogP contribution in [0.15, 0.2) is 16.6 Å². The molecule has 1 aliphatic rings. The van der Waals surface area contributed by atoms with E-state index in [1.54, 1.807) is 19.1 Å². The van der Waals surface area contributed by atoms with Gasteiger partial charge in [0.2, 0.25) is 0 Å². The number of ether oxygens (including phenoxy) is 2. The third kappa shape index (κ3) is 2.45. The highest BCUT2D eigenvalue weighted by Crippen LogP contribution is 2.36. The van der Waals surface area contributed by atoms with Gasteiger partial charge in [-0.1, -0.05) is 0 Å². The van der Waals surface area contributed by atoms with E-state index in [9.17, 15) is 9.90 Å². The first-order valence-corrected chi connectivity index (χ1v) is 6.22. The number of rotatable bonds is 3. The van der Waals surface area contributed by atoms with Crippen LogP contribution in [-0.2, 0) is 16.0 Å². The van der Waals surface area contributed by atoms with Crippen molar-refractivity contribution < 1.29 is 19.4 Å². The Balaban J connectivity index is 2.28. The highest BCUT2D eigenvalue weighted by molar-refractivity contribution is 9.10. The maximum atomic E-state index is 11.4. The summed E-state index contributed by atoms with van der Waals surface area (Å²) >= 11 is 3.37. The monoisotopic (exact) mass is 300 g/mol. The second kappa shape index (κ2) is 5.06. The minimum Gasteiger partial charge on any atom is -0.492 e. The summed E-state index contributed by atoms with van der Waals surface area (Å²) in [4.78, 5) is 11.4. The average molecular weight is 301 g/mol. The van der Waals surface area contributed by atoms with Crippen LogP contribution in [0.5, 0.6) is 5.75 Å². The highest BCUT2D eigenvalue weighted by Gasteiger charge is 2.23. The van der Waals surface area contributed by atoms with Crippen molar-refractivity contribution in [2.24, 2.45) is 0 Å². The molecule has 0 aromatic heterocycles. The minimum absolute atomic E-state index is 0.255.